The van der Waals surface area contributed by atoms with Gasteiger partial charge in [0.15, 0.2) is 5.58 Å². The molecule has 4 aromatic rings. The summed E-state index contributed by atoms with van der Waals surface area (Å²) in [5.41, 5.74) is 0.291. The molecule has 0 bridgehead atoms. The molecule has 0 spiro atoms. The first-order valence-electron chi connectivity index (χ1n) is 13.2. The van der Waals surface area contributed by atoms with Crippen molar-refractivity contribution in [3.63, 3.8) is 0 Å². The van der Waals surface area contributed by atoms with Crippen molar-refractivity contribution >= 4 is 46.0 Å². The van der Waals surface area contributed by atoms with E-state index in [1.165, 1.54) is 22.7 Å². The molecule has 0 saturated heterocycles. The number of hydrogen-bond donors (Lipinski definition) is 1. The van der Waals surface area contributed by atoms with Crippen molar-refractivity contribution in [2.75, 3.05) is 13.6 Å². The Bertz CT molecular complexity index is 1410. The van der Waals surface area contributed by atoms with E-state index in [2.05, 4.69) is 11.9 Å². The molecule has 0 radical (unpaired) electrons. The zero-order chi connectivity index (χ0) is 27.4. The molecular formula is C29H32N2O6S2. The van der Waals surface area contributed by atoms with E-state index in [0.29, 0.717) is 34.3 Å². The molecule has 1 aliphatic rings. The number of hydrogen-bond acceptors (Lipinski definition) is 9. The molecule has 1 aromatic carbocycles. The minimum atomic E-state index is -1.78. The average molecular weight is 569 g/mol. The second kappa shape index (κ2) is 12.0. The van der Waals surface area contributed by atoms with Crippen LogP contribution >= 0.6 is 22.7 Å². The van der Waals surface area contributed by atoms with Gasteiger partial charge in [-0.1, -0.05) is 18.2 Å². The quantitative estimate of drug-likeness (QED) is 0.209. The summed E-state index contributed by atoms with van der Waals surface area (Å²) in [7, 11) is 2.09. The van der Waals surface area contributed by atoms with Crippen LogP contribution in [0.2, 0.25) is 0 Å². The highest BCUT2D eigenvalue weighted by Gasteiger charge is 2.45. The smallest absolute Gasteiger partial charge is 0.419 e. The Kier molecular flexibility index (Phi) is 8.46. The maximum Gasteiger partial charge on any atom is 0.419 e. The summed E-state index contributed by atoms with van der Waals surface area (Å²) in [6, 6.07) is 13.0. The van der Waals surface area contributed by atoms with Gasteiger partial charge in [-0.05, 0) is 86.3 Å². The highest BCUT2D eigenvalue weighted by Crippen LogP contribution is 2.38. The van der Waals surface area contributed by atoms with Crippen molar-refractivity contribution in [2.24, 2.45) is 0 Å². The van der Waals surface area contributed by atoms with Crippen molar-refractivity contribution in [3.05, 3.63) is 79.1 Å². The van der Waals surface area contributed by atoms with E-state index in [1.54, 1.807) is 22.8 Å². The average Bonchev–Trinajstić information content (AvgIpc) is 3.71. The number of oxazole rings is 1. The summed E-state index contributed by atoms with van der Waals surface area (Å²) < 4.78 is 12.9. The van der Waals surface area contributed by atoms with Crippen LogP contribution in [0.15, 0.2) is 62.4 Å². The minimum absolute atomic E-state index is 0.228. The predicted octanol–water partition coefficient (Wildman–Crippen LogP) is 4.57. The number of benzene rings is 1. The Morgan fingerprint density at radius 1 is 1.15 bits per heavy atom. The van der Waals surface area contributed by atoms with E-state index >= 15 is 0 Å². The van der Waals surface area contributed by atoms with Gasteiger partial charge in [0.25, 0.3) is 0 Å². The number of fused-ring (bicyclic) bond motifs is 1. The summed E-state index contributed by atoms with van der Waals surface area (Å²) in [4.78, 5) is 39.8. The number of ether oxygens (including phenoxy) is 1. The topological polar surface area (TPSA) is 102 Å². The van der Waals surface area contributed by atoms with E-state index in [-0.39, 0.29) is 11.9 Å². The third-order valence-electron chi connectivity index (χ3n) is 7.54. The number of thiophene rings is 2. The van der Waals surface area contributed by atoms with Crippen LogP contribution in [0.25, 0.3) is 11.1 Å². The molecule has 0 atom stereocenters. The molecule has 1 aliphatic carbocycles. The molecule has 0 aliphatic heterocycles. The maximum atomic E-state index is 13.3. The van der Waals surface area contributed by atoms with Gasteiger partial charge in [-0.25, -0.2) is 9.59 Å². The Labute approximate surface area is 234 Å². The van der Waals surface area contributed by atoms with E-state index in [9.17, 15) is 19.5 Å². The van der Waals surface area contributed by atoms with Crippen LogP contribution in [0.3, 0.4) is 0 Å². The van der Waals surface area contributed by atoms with Crippen LogP contribution in [0, 0.1) is 0 Å². The van der Waals surface area contributed by atoms with Gasteiger partial charge in [0.05, 0.1) is 15.3 Å². The first-order chi connectivity index (χ1) is 18.9. The Balaban J connectivity index is 1.13. The SMILES string of the molecule is CN(CCCn1c(=O)oc2cc(CC=O)ccc21)[C@H]1CC[C@H](OC(=O)C(O)(c2cccs2)c2cccs2)CC1. The fourth-order valence-corrected chi connectivity index (χ4v) is 7.05. The number of carbonyl (C=O) groups is 2. The normalized spacial score (nSPS) is 18.0. The highest BCUT2D eigenvalue weighted by atomic mass is 32.1. The van der Waals surface area contributed by atoms with Crippen molar-refractivity contribution in [3.8, 4) is 0 Å². The van der Waals surface area contributed by atoms with Crippen LogP contribution in [0.5, 0.6) is 0 Å². The van der Waals surface area contributed by atoms with Crippen LogP contribution in [-0.2, 0) is 32.9 Å². The van der Waals surface area contributed by atoms with E-state index < -0.39 is 11.6 Å². The molecule has 206 valence electrons. The van der Waals surface area contributed by atoms with Crippen molar-refractivity contribution in [1.29, 1.82) is 0 Å². The standard InChI is InChI=1S/C29H32N2O6S2/c1-30(14-4-15-31-23-12-7-20(13-16-32)19-24(23)37-28(31)34)21-8-10-22(11-9-21)36-27(33)29(35,25-5-2-17-38-25)26-6-3-18-39-26/h2-3,5-7,12,16-19,21-22,35H,4,8-11,13-15H2,1H3/t21-,22-. The third-order valence-corrected chi connectivity index (χ3v) is 9.49. The number of aldehydes is 1. The minimum Gasteiger partial charge on any atom is -0.460 e. The number of nitrogens with zero attached hydrogens (tertiary/aromatic N) is 2. The summed E-state index contributed by atoms with van der Waals surface area (Å²) in [5, 5.41) is 15.2. The second-order valence-corrected chi connectivity index (χ2v) is 11.9. The molecule has 1 saturated carbocycles. The van der Waals surface area contributed by atoms with Gasteiger partial charge in [-0.15, -0.1) is 22.7 Å². The highest BCUT2D eigenvalue weighted by molar-refractivity contribution is 7.12. The molecule has 3 heterocycles. The number of rotatable bonds is 11. The van der Waals surface area contributed by atoms with Gasteiger partial charge < -0.3 is 24.0 Å². The van der Waals surface area contributed by atoms with Crippen LogP contribution in [-0.4, -0.2) is 52.6 Å². The molecule has 10 heteroatoms. The van der Waals surface area contributed by atoms with E-state index in [0.717, 1.165) is 56.0 Å². The molecule has 1 N–H and O–H groups in total. The fraction of sp³-hybridized carbons (Fsp3) is 0.414. The van der Waals surface area contributed by atoms with Gasteiger partial charge in [0.1, 0.15) is 12.4 Å². The largest absolute Gasteiger partial charge is 0.460 e. The molecule has 5 rings (SSSR count). The lowest BCUT2D eigenvalue weighted by molar-refractivity contribution is -0.169. The van der Waals surface area contributed by atoms with Gasteiger partial charge in [0, 0.05) is 19.0 Å². The van der Waals surface area contributed by atoms with Gasteiger partial charge >= 0.3 is 11.7 Å². The zero-order valence-electron chi connectivity index (χ0n) is 21.8. The third kappa shape index (κ3) is 5.79. The Hall–Kier alpha value is -3.05. The number of aliphatic hydroxyl groups is 1. The lowest BCUT2D eigenvalue weighted by atomic mass is 9.91. The van der Waals surface area contributed by atoms with E-state index in [1.807, 2.05) is 35.0 Å². The molecule has 39 heavy (non-hydrogen) atoms. The number of aromatic nitrogens is 1. The van der Waals surface area contributed by atoms with Crippen molar-refractivity contribution in [2.45, 2.75) is 62.8 Å². The maximum absolute atomic E-state index is 13.3. The zero-order valence-corrected chi connectivity index (χ0v) is 23.4. The lowest BCUT2D eigenvalue weighted by Crippen LogP contribution is -2.42. The number of esters is 1. The second-order valence-electron chi connectivity index (χ2n) is 10.0. The van der Waals surface area contributed by atoms with Gasteiger partial charge in [-0.3, -0.25) is 4.57 Å². The fourth-order valence-electron chi connectivity index (χ4n) is 5.34. The summed E-state index contributed by atoms with van der Waals surface area (Å²) in [6.07, 6.45) is 4.93. The van der Waals surface area contributed by atoms with Gasteiger partial charge in [-0.2, -0.15) is 0 Å². The molecule has 0 amide bonds. The van der Waals surface area contributed by atoms with Crippen molar-refractivity contribution < 1.29 is 23.8 Å². The van der Waals surface area contributed by atoms with Crippen molar-refractivity contribution in [1.82, 2.24) is 9.47 Å². The molecule has 8 nitrogen and oxygen atoms in total. The first-order valence-corrected chi connectivity index (χ1v) is 14.9. The first kappa shape index (κ1) is 27.5. The Morgan fingerprint density at radius 3 is 2.46 bits per heavy atom. The lowest BCUT2D eigenvalue weighted by Gasteiger charge is -2.35. The van der Waals surface area contributed by atoms with Crippen LogP contribution in [0.1, 0.15) is 47.4 Å². The summed E-state index contributed by atoms with van der Waals surface area (Å²) in [5.74, 6) is -0.997. The van der Waals surface area contributed by atoms with Crippen LogP contribution in [0.4, 0.5) is 0 Å². The Morgan fingerprint density at radius 2 is 1.85 bits per heavy atom. The molecule has 3 aromatic heterocycles. The monoisotopic (exact) mass is 568 g/mol. The van der Waals surface area contributed by atoms with Gasteiger partial charge in [0.2, 0.25) is 5.60 Å². The number of carbonyl (C=O) groups excluding carboxylic acids is 2. The molecule has 0 unspecified atom stereocenters. The molecular weight excluding hydrogens is 536 g/mol. The van der Waals surface area contributed by atoms with E-state index in [4.69, 9.17) is 9.15 Å². The predicted molar refractivity (Wildman–Crippen MR) is 151 cm³/mol. The number of aryl methyl sites for hydroxylation is 1. The van der Waals surface area contributed by atoms with Crippen LogP contribution < -0.4 is 5.76 Å². The summed E-state index contributed by atoms with van der Waals surface area (Å²) in [6.45, 7) is 1.36. The molecule has 1 fully saturated rings. The summed E-state index contributed by atoms with van der Waals surface area (Å²) >= 11 is 2.68.